The second kappa shape index (κ2) is 7.06. The summed E-state index contributed by atoms with van der Waals surface area (Å²) in [6, 6.07) is 0. The van der Waals surface area contributed by atoms with E-state index in [1.807, 2.05) is 0 Å². The number of methoxy groups -OCH3 is 1. The van der Waals surface area contributed by atoms with Crippen LogP contribution in [-0.4, -0.2) is 32.6 Å². The van der Waals surface area contributed by atoms with Crippen LogP contribution in [0, 0.1) is 0 Å². The standard InChI is InChI=1S/C8H16O4/c1-4-8(9)12-7(2)11-6-5-10-3/h7H,4-6H2,1-3H3. The Bertz CT molecular complexity index is 124. The molecular weight excluding hydrogens is 160 g/mol. The van der Waals surface area contributed by atoms with Gasteiger partial charge in [-0.15, -0.1) is 0 Å². The molecule has 0 aliphatic carbocycles. The fourth-order valence-corrected chi connectivity index (χ4v) is 0.600. The average Bonchev–Trinajstić information content (AvgIpc) is 2.05. The summed E-state index contributed by atoms with van der Waals surface area (Å²) in [6.07, 6.45) is -0.106. The van der Waals surface area contributed by atoms with Crippen molar-refractivity contribution in [3.05, 3.63) is 0 Å². The van der Waals surface area contributed by atoms with Gasteiger partial charge in [0, 0.05) is 13.5 Å². The van der Waals surface area contributed by atoms with Gasteiger partial charge in [-0.05, 0) is 6.92 Å². The highest BCUT2D eigenvalue weighted by molar-refractivity contribution is 5.68. The number of carbonyl (C=O) groups is 1. The predicted octanol–water partition coefficient (Wildman–Crippen LogP) is 0.949. The molecule has 0 rings (SSSR count). The normalized spacial score (nSPS) is 12.6. The average molecular weight is 176 g/mol. The number of hydrogen-bond donors (Lipinski definition) is 0. The van der Waals surface area contributed by atoms with Crippen LogP contribution >= 0.6 is 0 Å². The molecule has 72 valence electrons. The maximum atomic E-state index is 10.7. The number of rotatable bonds is 6. The lowest BCUT2D eigenvalue weighted by molar-refractivity contribution is -0.176. The molecule has 12 heavy (non-hydrogen) atoms. The Kier molecular flexibility index (Phi) is 6.70. The van der Waals surface area contributed by atoms with Crippen molar-refractivity contribution in [2.75, 3.05) is 20.3 Å². The Balaban J connectivity index is 3.32. The third-order valence-electron chi connectivity index (χ3n) is 1.23. The Morgan fingerprint density at radius 3 is 2.58 bits per heavy atom. The van der Waals surface area contributed by atoms with Crippen molar-refractivity contribution in [3.63, 3.8) is 0 Å². The van der Waals surface area contributed by atoms with E-state index in [1.54, 1.807) is 21.0 Å². The summed E-state index contributed by atoms with van der Waals surface area (Å²) in [5.41, 5.74) is 0. The molecule has 0 spiro atoms. The molecule has 0 aromatic rings. The van der Waals surface area contributed by atoms with Gasteiger partial charge in [-0.25, -0.2) is 0 Å². The number of hydrogen-bond acceptors (Lipinski definition) is 4. The largest absolute Gasteiger partial charge is 0.436 e. The topological polar surface area (TPSA) is 44.8 Å². The lowest BCUT2D eigenvalue weighted by atomic mass is 10.5. The molecule has 4 nitrogen and oxygen atoms in total. The van der Waals surface area contributed by atoms with Crippen LogP contribution < -0.4 is 0 Å². The Hall–Kier alpha value is -0.610. The van der Waals surface area contributed by atoms with E-state index in [0.717, 1.165) is 0 Å². The van der Waals surface area contributed by atoms with E-state index < -0.39 is 6.29 Å². The quantitative estimate of drug-likeness (QED) is 0.343. The van der Waals surface area contributed by atoms with Gasteiger partial charge < -0.3 is 14.2 Å². The van der Waals surface area contributed by atoms with E-state index >= 15 is 0 Å². The van der Waals surface area contributed by atoms with Gasteiger partial charge in [0.2, 0.25) is 0 Å². The zero-order valence-corrected chi connectivity index (χ0v) is 7.83. The third kappa shape index (κ3) is 6.12. The van der Waals surface area contributed by atoms with Gasteiger partial charge in [-0.2, -0.15) is 0 Å². The molecule has 0 heterocycles. The first-order valence-electron chi connectivity index (χ1n) is 4.00. The first-order chi connectivity index (χ1) is 5.70. The van der Waals surface area contributed by atoms with Crippen LogP contribution in [-0.2, 0) is 19.0 Å². The number of carbonyl (C=O) groups excluding carboxylic acids is 1. The molecule has 0 fully saturated rings. The predicted molar refractivity (Wildman–Crippen MR) is 43.7 cm³/mol. The molecule has 0 saturated carbocycles. The molecule has 0 amide bonds. The van der Waals surface area contributed by atoms with Crippen molar-refractivity contribution in [3.8, 4) is 0 Å². The highest BCUT2D eigenvalue weighted by atomic mass is 16.7. The minimum Gasteiger partial charge on any atom is -0.436 e. The molecule has 0 aromatic carbocycles. The summed E-state index contributed by atoms with van der Waals surface area (Å²) in [6.45, 7) is 4.37. The molecule has 0 aliphatic rings. The molecule has 0 saturated heterocycles. The molecule has 4 heteroatoms. The zero-order valence-electron chi connectivity index (χ0n) is 7.83. The summed E-state index contributed by atoms with van der Waals surface area (Å²) in [4.78, 5) is 10.7. The Morgan fingerprint density at radius 2 is 2.08 bits per heavy atom. The van der Waals surface area contributed by atoms with Crippen LogP contribution in [0.3, 0.4) is 0 Å². The van der Waals surface area contributed by atoms with Gasteiger partial charge in [-0.3, -0.25) is 4.79 Å². The molecular formula is C8H16O4. The highest BCUT2D eigenvalue weighted by Gasteiger charge is 2.06. The van der Waals surface area contributed by atoms with E-state index in [4.69, 9.17) is 14.2 Å². The Labute approximate surface area is 72.8 Å². The molecule has 0 aliphatic heterocycles. The summed E-state index contributed by atoms with van der Waals surface area (Å²) in [5.74, 6) is -0.250. The van der Waals surface area contributed by atoms with Crippen molar-refractivity contribution in [1.29, 1.82) is 0 Å². The smallest absolute Gasteiger partial charge is 0.307 e. The molecule has 1 unspecified atom stereocenters. The maximum absolute atomic E-state index is 10.7. The van der Waals surface area contributed by atoms with Crippen LogP contribution in [0.25, 0.3) is 0 Å². The van der Waals surface area contributed by atoms with E-state index in [9.17, 15) is 4.79 Å². The third-order valence-corrected chi connectivity index (χ3v) is 1.23. The molecule has 0 bridgehead atoms. The van der Waals surface area contributed by atoms with Crippen LogP contribution in [0.15, 0.2) is 0 Å². The first kappa shape index (κ1) is 11.4. The zero-order chi connectivity index (χ0) is 9.40. The van der Waals surface area contributed by atoms with E-state index in [1.165, 1.54) is 0 Å². The monoisotopic (exact) mass is 176 g/mol. The second-order valence-corrected chi connectivity index (χ2v) is 2.27. The van der Waals surface area contributed by atoms with Crippen LogP contribution in [0.1, 0.15) is 20.3 Å². The molecule has 1 atom stereocenters. The van der Waals surface area contributed by atoms with Gasteiger partial charge in [0.1, 0.15) is 0 Å². The van der Waals surface area contributed by atoms with Crippen molar-refractivity contribution in [1.82, 2.24) is 0 Å². The number of esters is 1. The minimum absolute atomic E-state index is 0.250. The van der Waals surface area contributed by atoms with E-state index in [-0.39, 0.29) is 5.97 Å². The summed E-state index contributed by atoms with van der Waals surface area (Å²) < 4.78 is 14.7. The van der Waals surface area contributed by atoms with Gasteiger partial charge >= 0.3 is 5.97 Å². The summed E-state index contributed by atoms with van der Waals surface area (Å²) >= 11 is 0. The van der Waals surface area contributed by atoms with E-state index in [2.05, 4.69) is 0 Å². The lowest BCUT2D eigenvalue weighted by Gasteiger charge is -2.12. The fourth-order valence-electron chi connectivity index (χ4n) is 0.600. The number of ether oxygens (including phenoxy) is 3. The van der Waals surface area contributed by atoms with Crippen molar-refractivity contribution in [2.24, 2.45) is 0 Å². The lowest BCUT2D eigenvalue weighted by Crippen LogP contribution is -2.19. The van der Waals surface area contributed by atoms with Gasteiger partial charge in [0.25, 0.3) is 0 Å². The minimum atomic E-state index is -0.479. The molecule has 0 radical (unpaired) electrons. The van der Waals surface area contributed by atoms with E-state index in [0.29, 0.717) is 19.6 Å². The van der Waals surface area contributed by atoms with Crippen molar-refractivity contribution in [2.45, 2.75) is 26.6 Å². The van der Waals surface area contributed by atoms with Gasteiger partial charge in [0.15, 0.2) is 6.29 Å². The highest BCUT2D eigenvalue weighted by Crippen LogP contribution is 1.95. The van der Waals surface area contributed by atoms with Crippen molar-refractivity contribution >= 4 is 5.97 Å². The second-order valence-electron chi connectivity index (χ2n) is 2.27. The SMILES string of the molecule is CCC(=O)OC(C)OCCOC. The van der Waals surface area contributed by atoms with Gasteiger partial charge in [-0.1, -0.05) is 6.92 Å². The van der Waals surface area contributed by atoms with Crippen LogP contribution in [0.4, 0.5) is 0 Å². The first-order valence-corrected chi connectivity index (χ1v) is 4.00. The summed E-state index contributed by atoms with van der Waals surface area (Å²) in [5, 5.41) is 0. The fraction of sp³-hybridized carbons (Fsp3) is 0.875. The maximum Gasteiger partial charge on any atom is 0.307 e. The van der Waals surface area contributed by atoms with Crippen LogP contribution in [0.5, 0.6) is 0 Å². The molecule has 0 N–H and O–H groups in total. The van der Waals surface area contributed by atoms with Crippen LogP contribution in [0.2, 0.25) is 0 Å². The van der Waals surface area contributed by atoms with Gasteiger partial charge in [0.05, 0.1) is 13.2 Å². The van der Waals surface area contributed by atoms with Crippen molar-refractivity contribution < 1.29 is 19.0 Å². The summed E-state index contributed by atoms with van der Waals surface area (Å²) in [7, 11) is 1.59. The molecule has 0 aromatic heterocycles. The Morgan fingerprint density at radius 1 is 1.42 bits per heavy atom.